The SMILES string of the molecule is COCc1noc(N2CC(N3CCN(c4ccccn4)CC3)C2)n1. The Morgan fingerprint density at radius 1 is 1.17 bits per heavy atom. The van der Waals surface area contributed by atoms with Crippen LogP contribution in [-0.2, 0) is 11.3 Å². The summed E-state index contributed by atoms with van der Waals surface area (Å²) in [5.41, 5.74) is 0. The van der Waals surface area contributed by atoms with Crippen molar-refractivity contribution in [2.75, 3.05) is 56.2 Å². The number of rotatable bonds is 5. The maximum absolute atomic E-state index is 5.28. The van der Waals surface area contributed by atoms with Gasteiger partial charge in [0.05, 0.1) is 0 Å². The zero-order chi connectivity index (χ0) is 16.4. The number of hydrogen-bond acceptors (Lipinski definition) is 8. The molecule has 2 aliphatic rings. The molecule has 0 aromatic carbocycles. The first kappa shape index (κ1) is 15.3. The second-order valence-corrected chi connectivity index (χ2v) is 6.20. The number of pyridine rings is 1. The molecule has 0 saturated carbocycles. The van der Waals surface area contributed by atoms with E-state index in [1.807, 2.05) is 18.3 Å². The van der Waals surface area contributed by atoms with Gasteiger partial charge in [-0.2, -0.15) is 4.98 Å². The Kier molecular flexibility index (Phi) is 4.31. The van der Waals surface area contributed by atoms with Crippen LogP contribution in [0.25, 0.3) is 0 Å². The number of ether oxygens (including phenoxy) is 1. The zero-order valence-electron chi connectivity index (χ0n) is 13.8. The topological polar surface area (TPSA) is 70.8 Å². The summed E-state index contributed by atoms with van der Waals surface area (Å²) in [6.07, 6.45) is 1.85. The molecule has 2 aliphatic heterocycles. The average Bonchev–Trinajstić information content (AvgIpc) is 3.04. The summed E-state index contributed by atoms with van der Waals surface area (Å²) in [7, 11) is 1.63. The lowest BCUT2D eigenvalue weighted by atomic mass is 10.1. The van der Waals surface area contributed by atoms with Gasteiger partial charge in [0.2, 0.25) is 0 Å². The second kappa shape index (κ2) is 6.74. The fraction of sp³-hybridized carbons (Fsp3) is 0.562. The highest BCUT2D eigenvalue weighted by atomic mass is 16.5. The van der Waals surface area contributed by atoms with Gasteiger partial charge >= 0.3 is 6.01 Å². The van der Waals surface area contributed by atoms with Crippen molar-refractivity contribution >= 4 is 11.8 Å². The van der Waals surface area contributed by atoms with Crippen LogP contribution in [0.4, 0.5) is 11.8 Å². The van der Waals surface area contributed by atoms with Crippen LogP contribution in [0, 0.1) is 0 Å². The molecular formula is C16H22N6O2. The highest BCUT2D eigenvalue weighted by Crippen LogP contribution is 2.23. The molecule has 0 spiro atoms. The summed E-state index contributed by atoms with van der Waals surface area (Å²) >= 11 is 0. The Morgan fingerprint density at radius 2 is 2.00 bits per heavy atom. The van der Waals surface area contributed by atoms with Crippen molar-refractivity contribution in [1.82, 2.24) is 20.0 Å². The molecule has 0 bridgehead atoms. The number of hydrogen-bond donors (Lipinski definition) is 0. The molecule has 24 heavy (non-hydrogen) atoms. The van der Waals surface area contributed by atoms with E-state index in [0.717, 1.165) is 45.1 Å². The van der Waals surface area contributed by atoms with Gasteiger partial charge in [-0.25, -0.2) is 4.98 Å². The first-order valence-corrected chi connectivity index (χ1v) is 8.30. The van der Waals surface area contributed by atoms with Crippen molar-refractivity contribution in [1.29, 1.82) is 0 Å². The summed E-state index contributed by atoms with van der Waals surface area (Å²) in [5.74, 6) is 1.67. The van der Waals surface area contributed by atoms with Crippen LogP contribution < -0.4 is 9.80 Å². The van der Waals surface area contributed by atoms with E-state index in [0.29, 0.717) is 24.5 Å². The normalized spacial score (nSPS) is 19.5. The van der Waals surface area contributed by atoms with Gasteiger partial charge in [0.15, 0.2) is 5.82 Å². The summed E-state index contributed by atoms with van der Waals surface area (Å²) in [6.45, 7) is 6.44. The van der Waals surface area contributed by atoms with E-state index in [9.17, 15) is 0 Å². The Morgan fingerprint density at radius 3 is 2.71 bits per heavy atom. The Balaban J connectivity index is 1.26. The lowest BCUT2D eigenvalue weighted by Gasteiger charge is -2.47. The fourth-order valence-electron chi connectivity index (χ4n) is 3.26. The molecule has 2 aromatic rings. The van der Waals surface area contributed by atoms with Gasteiger partial charge in [-0.3, -0.25) is 4.90 Å². The number of methoxy groups -OCH3 is 1. The van der Waals surface area contributed by atoms with Gasteiger partial charge in [-0.05, 0) is 12.1 Å². The van der Waals surface area contributed by atoms with Gasteiger partial charge in [-0.15, -0.1) is 0 Å². The van der Waals surface area contributed by atoms with E-state index in [2.05, 4.69) is 35.9 Å². The molecule has 0 atom stereocenters. The molecule has 4 heterocycles. The molecule has 8 nitrogen and oxygen atoms in total. The van der Waals surface area contributed by atoms with E-state index in [4.69, 9.17) is 9.26 Å². The first-order chi connectivity index (χ1) is 11.8. The van der Waals surface area contributed by atoms with Crippen LogP contribution in [0.15, 0.2) is 28.9 Å². The van der Waals surface area contributed by atoms with Crippen LogP contribution >= 0.6 is 0 Å². The van der Waals surface area contributed by atoms with E-state index < -0.39 is 0 Å². The van der Waals surface area contributed by atoms with Crippen LogP contribution in [0.1, 0.15) is 5.82 Å². The number of nitrogens with zero attached hydrogens (tertiary/aromatic N) is 6. The fourth-order valence-corrected chi connectivity index (χ4v) is 3.26. The molecule has 0 amide bonds. The van der Waals surface area contributed by atoms with Crippen molar-refractivity contribution in [3.63, 3.8) is 0 Å². The van der Waals surface area contributed by atoms with E-state index in [1.165, 1.54) is 0 Å². The molecule has 0 aliphatic carbocycles. The average molecular weight is 330 g/mol. The molecular weight excluding hydrogens is 308 g/mol. The number of anilines is 2. The molecule has 4 rings (SSSR count). The molecule has 0 radical (unpaired) electrons. The molecule has 128 valence electrons. The van der Waals surface area contributed by atoms with Gasteiger partial charge in [0.1, 0.15) is 12.4 Å². The van der Waals surface area contributed by atoms with Crippen molar-refractivity contribution < 1.29 is 9.26 Å². The minimum Gasteiger partial charge on any atom is -0.377 e. The number of piperazine rings is 1. The maximum atomic E-state index is 5.28. The minimum absolute atomic E-state index is 0.385. The predicted molar refractivity (Wildman–Crippen MR) is 89.0 cm³/mol. The Bertz CT molecular complexity index is 650. The Labute approximate surface area is 141 Å². The minimum atomic E-state index is 0.385. The summed E-state index contributed by atoms with van der Waals surface area (Å²) in [4.78, 5) is 15.8. The Hall–Kier alpha value is -2.19. The maximum Gasteiger partial charge on any atom is 0.324 e. The summed E-state index contributed by atoms with van der Waals surface area (Å²) in [5, 5.41) is 3.91. The third-order valence-electron chi connectivity index (χ3n) is 4.67. The molecule has 2 aromatic heterocycles. The highest BCUT2D eigenvalue weighted by molar-refractivity contribution is 5.38. The number of aromatic nitrogens is 3. The largest absolute Gasteiger partial charge is 0.377 e. The predicted octanol–water partition coefficient (Wildman–Crippen LogP) is 0.622. The van der Waals surface area contributed by atoms with Crippen molar-refractivity contribution in [3.8, 4) is 0 Å². The molecule has 8 heteroatoms. The van der Waals surface area contributed by atoms with Crippen molar-refractivity contribution in [3.05, 3.63) is 30.2 Å². The van der Waals surface area contributed by atoms with Gasteiger partial charge < -0.3 is 19.1 Å². The summed E-state index contributed by atoms with van der Waals surface area (Å²) < 4.78 is 10.3. The third-order valence-corrected chi connectivity index (χ3v) is 4.67. The van der Waals surface area contributed by atoms with Crippen molar-refractivity contribution in [2.45, 2.75) is 12.6 Å². The highest BCUT2D eigenvalue weighted by Gasteiger charge is 2.36. The van der Waals surface area contributed by atoms with Crippen LogP contribution in [0.2, 0.25) is 0 Å². The third kappa shape index (κ3) is 3.07. The quantitative estimate of drug-likeness (QED) is 0.790. The van der Waals surface area contributed by atoms with Crippen LogP contribution in [0.5, 0.6) is 0 Å². The first-order valence-electron chi connectivity index (χ1n) is 8.30. The van der Waals surface area contributed by atoms with E-state index in [-0.39, 0.29) is 0 Å². The van der Waals surface area contributed by atoms with Gasteiger partial charge in [0.25, 0.3) is 0 Å². The second-order valence-electron chi connectivity index (χ2n) is 6.20. The molecule has 0 unspecified atom stereocenters. The van der Waals surface area contributed by atoms with Crippen LogP contribution in [-0.4, -0.2) is 72.4 Å². The van der Waals surface area contributed by atoms with Crippen LogP contribution in [0.3, 0.4) is 0 Å². The van der Waals surface area contributed by atoms with E-state index in [1.54, 1.807) is 7.11 Å². The van der Waals surface area contributed by atoms with Gasteiger partial charge in [-0.1, -0.05) is 11.2 Å². The summed E-state index contributed by atoms with van der Waals surface area (Å²) in [6, 6.07) is 7.24. The standard InChI is InChI=1S/C16H22N6O2/c1-23-12-14-18-16(24-19-14)22-10-13(11-22)20-6-8-21(9-7-20)15-4-2-3-5-17-15/h2-5,13H,6-12H2,1H3. The monoisotopic (exact) mass is 330 g/mol. The van der Waals surface area contributed by atoms with Gasteiger partial charge in [0, 0.05) is 58.6 Å². The lowest BCUT2D eigenvalue weighted by Crippen LogP contribution is -2.63. The van der Waals surface area contributed by atoms with Crippen molar-refractivity contribution in [2.24, 2.45) is 0 Å². The zero-order valence-corrected chi connectivity index (χ0v) is 13.8. The molecule has 0 N–H and O–H groups in total. The lowest BCUT2D eigenvalue weighted by molar-refractivity contribution is 0.151. The molecule has 2 fully saturated rings. The smallest absolute Gasteiger partial charge is 0.324 e. The van der Waals surface area contributed by atoms with E-state index >= 15 is 0 Å². The molecule has 2 saturated heterocycles.